The second-order valence-corrected chi connectivity index (χ2v) is 8.10. The van der Waals surface area contributed by atoms with Gasteiger partial charge in [-0.25, -0.2) is 0 Å². The normalized spacial score (nSPS) is 10.7. The summed E-state index contributed by atoms with van der Waals surface area (Å²) in [5, 5.41) is 13.6. The van der Waals surface area contributed by atoms with Crippen LogP contribution in [-0.4, -0.2) is 22.0 Å². The Kier molecular flexibility index (Phi) is 6.72. The number of aryl methyl sites for hydroxylation is 2. The SMILES string of the molecule is Cc1ccc(C(=O)Nc2cccc(CNC(=O)CCc3nc(-c4ccsc4)no3)c2)cc1. The smallest absolute Gasteiger partial charge is 0.255 e. The molecule has 0 spiro atoms. The lowest BCUT2D eigenvalue weighted by Gasteiger charge is -2.09. The zero-order chi connectivity index (χ0) is 22.3. The van der Waals surface area contributed by atoms with Crippen LogP contribution in [0.2, 0.25) is 0 Å². The zero-order valence-corrected chi connectivity index (χ0v) is 18.3. The average Bonchev–Trinajstić information content (AvgIpc) is 3.49. The first kappa shape index (κ1) is 21.5. The lowest BCUT2D eigenvalue weighted by atomic mass is 10.1. The van der Waals surface area contributed by atoms with E-state index in [2.05, 4.69) is 20.8 Å². The highest BCUT2D eigenvalue weighted by molar-refractivity contribution is 7.08. The molecule has 0 unspecified atom stereocenters. The molecule has 0 bridgehead atoms. The van der Waals surface area contributed by atoms with Crippen LogP contribution < -0.4 is 10.6 Å². The Hall–Kier alpha value is -3.78. The monoisotopic (exact) mass is 446 g/mol. The van der Waals surface area contributed by atoms with Crippen LogP contribution in [0.3, 0.4) is 0 Å². The van der Waals surface area contributed by atoms with Crippen molar-refractivity contribution in [2.45, 2.75) is 26.3 Å². The number of amides is 2. The minimum absolute atomic E-state index is 0.116. The lowest BCUT2D eigenvalue weighted by Crippen LogP contribution is -2.23. The summed E-state index contributed by atoms with van der Waals surface area (Å²) in [6.07, 6.45) is 0.616. The van der Waals surface area contributed by atoms with E-state index in [1.54, 1.807) is 23.5 Å². The van der Waals surface area contributed by atoms with Crippen LogP contribution in [0.1, 0.15) is 33.8 Å². The molecule has 0 saturated carbocycles. The van der Waals surface area contributed by atoms with Gasteiger partial charge in [0.2, 0.25) is 17.6 Å². The number of aromatic nitrogens is 2. The van der Waals surface area contributed by atoms with Crippen molar-refractivity contribution in [3.63, 3.8) is 0 Å². The Morgan fingerprint density at radius 1 is 1.09 bits per heavy atom. The number of nitrogens with one attached hydrogen (secondary N) is 2. The van der Waals surface area contributed by atoms with Gasteiger partial charge in [-0.1, -0.05) is 35.0 Å². The molecule has 8 heteroatoms. The number of anilines is 1. The molecule has 2 heterocycles. The number of nitrogens with zero attached hydrogens (tertiary/aromatic N) is 2. The topological polar surface area (TPSA) is 97.1 Å². The van der Waals surface area contributed by atoms with Crippen molar-refractivity contribution in [3.05, 3.63) is 87.9 Å². The van der Waals surface area contributed by atoms with Gasteiger partial charge in [0.1, 0.15) is 0 Å². The van der Waals surface area contributed by atoms with Crippen LogP contribution in [0, 0.1) is 6.92 Å². The highest BCUT2D eigenvalue weighted by Gasteiger charge is 2.11. The summed E-state index contributed by atoms with van der Waals surface area (Å²) >= 11 is 1.56. The van der Waals surface area contributed by atoms with Crippen molar-refractivity contribution in [2.75, 3.05) is 5.32 Å². The van der Waals surface area contributed by atoms with Gasteiger partial charge in [0.15, 0.2) is 0 Å². The molecule has 0 aliphatic rings. The van der Waals surface area contributed by atoms with Crippen LogP contribution in [0.25, 0.3) is 11.4 Å². The second-order valence-electron chi connectivity index (χ2n) is 7.32. The van der Waals surface area contributed by atoms with Crippen molar-refractivity contribution in [1.29, 1.82) is 0 Å². The van der Waals surface area contributed by atoms with Crippen molar-refractivity contribution < 1.29 is 14.1 Å². The molecule has 4 rings (SSSR count). The summed E-state index contributed by atoms with van der Waals surface area (Å²) in [6, 6.07) is 16.7. The third-order valence-corrected chi connectivity index (χ3v) is 5.48. The number of benzene rings is 2. The van der Waals surface area contributed by atoms with Crippen LogP contribution in [-0.2, 0) is 17.8 Å². The number of rotatable bonds is 8. The maximum Gasteiger partial charge on any atom is 0.255 e. The Morgan fingerprint density at radius 2 is 1.94 bits per heavy atom. The van der Waals surface area contributed by atoms with E-state index >= 15 is 0 Å². The Bertz CT molecular complexity index is 1200. The predicted octanol–water partition coefficient (Wildman–Crippen LogP) is 4.61. The van der Waals surface area contributed by atoms with Gasteiger partial charge in [0, 0.05) is 41.6 Å². The van der Waals surface area contributed by atoms with E-state index in [0.29, 0.717) is 35.9 Å². The molecule has 0 fully saturated rings. The van der Waals surface area contributed by atoms with Gasteiger partial charge < -0.3 is 15.2 Å². The summed E-state index contributed by atoms with van der Waals surface area (Å²) in [5.41, 5.74) is 4.16. The number of thiophene rings is 1. The molecule has 7 nitrogen and oxygen atoms in total. The third-order valence-electron chi connectivity index (χ3n) is 4.80. The van der Waals surface area contributed by atoms with Crippen LogP contribution in [0.15, 0.2) is 69.9 Å². The zero-order valence-electron chi connectivity index (χ0n) is 17.5. The molecule has 2 amide bonds. The summed E-state index contributed by atoms with van der Waals surface area (Å²) in [7, 11) is 0. The third kappa shape index (κ3) is 5.67. The number of carbonyl (C=O) groups excluding carboxylic acids is 2. The summed E-state index contributed by atoms with van der Waals surface area (Å²) in [4.78, 5) is 29.0. The summed E-state index contributed by atoms with van der Waals surface area (Å²) < 4.78 is 5.22. The Balaban J connectivity index is 1.26. The van der Waals surface area contributed by atoms with Gasteiger partial charge in [-0.05, 0) is 48.2 Å². The van der Waals surface area contributed by atoms with E-state index in [1.807, 2.05) is 60.1 Å². The maximum atomic E-state index is 12.4. The molecule has 32 heavy (non-hydrogen) atoms. The van der Waals surface area contributed by atoms with Crippen LogP contribution >= 0.6 is 11.3 Å². The van der Waals surface area contributed by atoms with Crippen LogP contribution in [0.4, 0.5) is 5.69 Å². The second kappa shape index (κ2) is 10.0. The highest BCUT2D eigenvalue weighted by atomic mass is 32.1. The first-order valence-corrected chi connectivity index (χ1v) is 11.1. The Morgan fingerprint density at radius 3 is 2.72 bits per heavy atom. The molecular formula is C24H22N4O3S. The minimum Gasteiger partial charge on any atom is -0.352 e. The average molecular weight is 447 g/mol. The van der Waals surface area contributed by atoms with Crippen LogP contribution in [0.5, 0.6) is 0 Å². The Labute approximate surface area is 189 Å². The van der Waals surface area contributed by atoms with Gasteiger partial charge in [0.05, 0.1) is 0 Å². The molecule has 0 saturated heterocycles. The molecule has 0 aliphatic carbocycles. The van der Waals surface area contributed by atoms with Gasteiger partial charge in [-0.15, -0.1) is 0 Å². The van der Waals surface area contributed by atoms with E-state index < -0.39 is 0 Å². The molecule has 2 aromatic carbocycles. The molecule has 162 valence electrons. The van der Waals surface area contributed by atoms with Crippen molar-refractivity contribution in [1.82, 2.24) is 15.5 Å². The first-order chi connectivity index (χ1) is 15.6. The summed E-state index contributed by atoms with van der Waals surface area (Å²) in [5.74, 6) is 0.676. The molecule has 4 aromatic rings. The van der Waals surface area contributed by atoms with Crippen molar-refractivity contribution in [3.8, 4) is 11.4 Å². The standard InChI is InChI=1S/C24H22N4O3S/c1-16-5-7-18(8-6-16)24(30)26-20-4-2-3-17(13-20)14-25-21(29)9-10-22-27-23(28-31-22)19-11-12-32-15-19/h2-8,11-13,15H,9-10,14H2,1H3,(H,25,29)(H,26,30). The first-order valence-electron chi connectivity index (χ1n) is 10.2. The number of hydrogen-bond acceptors (Lipinski definition) is 6. The van der Waals surface area contributed by atoms with Gasteiger partial charge >= 0.3 is 0 Å². The van der Waals surface area contributed by atoms with E-state index in [9.17, 15) is 9.59 Å². The molecule has 2 N–H and O–H groups in total. The largest absolute Gasteiger partial charge is 0.352 e. The lowest BCUT2D eigenvalue weighted by molar-refractivity contribution is -0.121. The number of hydrogen-bond donors (Lipinski definition) is 2. The fourth-order valence-electron chi connectivity index (χ4n) is 3.04. The number of carbonyl (C=O) groups is 2. The quantitative estimate of drug-likeness (QED) is 0.412. The molecule has 0 aliphatic heterocycles. The van der Waals surface area contributed by atoms with Crippen molar-refractivity contribution in [2.24, 2.45) is 0 Å². The predicted molar refractivity (Wildman–Crippen MR) is 123 cm³/mol. The molecular weight excluding hydrogens is 424 g/mol. The van der Waals surface area contributed by atoms with Gasteiger partial charge in [-0.3, -0.25) is 9.59 Å². The molecule has 2 aromatic heterocycles. The minimum atomic E-state index is -0.174. The highest BCUT2D eigenvalue weighted by Crippen LogP contribution is 2.19. The van der Waals surface area contributed by atoms with E-state index in [1.165, 1.54) is 0 Å². The van der Waals surface area contributed by atoms with E-state index in [4.69, 9.17) is 4.52 Å². The van der Waals surface area contributed by atoms with E-state index in [0.717, 1.165) is 16.7 Å². The van der Waals surface area contributed by atoms with Gasteiger partial charge in [-0.2, -0.15) is 16.3 Å². The molecule has 0 atom stereocenters. The van der Waals surface area contributed by atoms with E-state index in [-0.39, 0.29) is 18.2 Å². The fourth-order valence-corrected chi connectivity index (χ4v) is 3.68. The fraction of sp³-hybridized carbons (Fsp3) is 0.167. The maximum absolute atomic E-state index is 12.4. The van der Waals surface area contributed by atoms with Crippen molar-refractivity contribution >= 4 is 28.8 Å². The molecule has 0 radical (unpaired) electrons. The summed E-state index contributed by atoms with van der Waals surface area (Å²) in [6.45, 7) is 2.33. The van der Waals surface area contributed by atoms with Gasteiger partial charge in [0.25, 0.3) is 5.91 Å².